The second-order valence-corrected chi connectivity index (χ2v) is 10.2. The number of aromatic nitrogens is 5. The molecule has 0 bridgehead atoms. The van der Waals surface area contributed by atoms with Crippen molar-refractivity contribution < 1.29 is 18.5 Å². The summed E-state index contributed by atoms with van der Waals surface area (Å²) in [6.07, 6.45) is 4.83. The van der Waals surface area contributed by atoms with Crippen LogP contribution in [0.3, 0.4) is 0 Å². The van der Waals surface area contributed by atoms with Gasteiger partial charge in [-0.3, -0.25) is 19.4 Å². The molecule has 0 spiro atoms. The predicted octanol–water partition coefficient (Wildman–Crippen LogP) is 2.62. The summed E-state index contributed by atoms with van der Waals surface area (Å²) in [7, 11) is 0. The number of nitrogens with zero attached hydrogens (tertiary/aromatic N) is 6. The van der Waals surface area contributed by atoms with Gasteiger partial charge in [0.25, 0.3) is 11.6 Å². The molecule has 5 heterocycles. The summed E-state index contributed by atoms with van der Waals surface area (Å²) in [5, 5.41) is 4.77. The molecule has 35 heavy (non-hydrogen) atoms. The number of imidazole rings is 2. The molecule has 2 aliphatic rings. The zero-order chi connectivity index (χ0) is 24.7. The molecule has 1 unspecified atom stereocenters. The monoisotopic (exact) mass is 474 g/mol. The van der Waals surface area contributed by atoms with Gasteiger partial charge in [0.05, 0.1) is 18.1 Å². The van der Waals surface area contributed by atoms with Crippen LogP contribution in [0.15, 0.2) is 49.1 Å². The molecule has 6 rings (SSSR count). The van der Waals surface area contributed by atoms with Crippen molar-refractivity contribution in [2.45, 2.75) is 38.8 Å². The molecule has 9 nitrogen and oxygen atoms in total. The van der Waals surface area contributed by atoms with E-state index < -0.39 is 5.66 Å². The topological polar surface area (TPSA) is 90.5 Å². The van der Waals surface area contributed by atoms with E-state index in [9.17, 15) is 14.0 Å². The average molecular weight is 475 g/mol. The van der Waals surface area contributed by atoms with Crippen molar-refractivity contribution in [1.29, 1.82) is 0 Å². The van der Waals surface area contributed by atoms with Crippen molar-refractivity contribution in [2.75, 3.05) is 18.0 Å². The van der Waals surface area contributed by atoms with Gasteiger partial charge in [-0.15, -0.1) is 0 Å². The molecule has 1 atom stereocenters. The van der Waals surface area contributed by atoms with E-state index in [1.54, 1.807) is 45.8 Å². The van der Waals surface area contributed by atoms with Crippen LogP contribution < -0.4 is 9.47 Å². The van der Waals surface area contributed by atoms with Crippen molar-refractivity contribution in [3.05, 3.63) is 66.1 Å². The van der Waals surface area contributed by atoms with E-state index in [0.717, 1.165) is 11.1 Å². The number of carbonyl (C=O) groups is 2. The number of halogens is 1. The Balaban J connectivity index is 1.61. The standard InChI is InChI=1S/C25H25FN7O2/c1-24(2,3)17-11-18(15-5-7-16(26)8-6-15)29-32-13-19-22(34)31-10-9-30(20-12-27-14-28-20)23(35)25(31,4)33(19)21(17)32/h5-8,11-14H,9-10H2,1-4H3,(H,27,28)/q+1. The first-order valence-corrected chi connectivity index (χ1v) is 11.5. The summed E-state index contributed by atoms with van der Waals surface area (Å²) < 4.78 is 17.0. The van der Waals surface area contributed by atoms with Crippen LogP contribution in [-0.2, 0) is 15.9 Å². The summed E-state index contributed by atoms with van der Waals surface area (Å²) in [5.41, 5.74) is 1.81. The first-order valence-electron chi connectivity index (χ1n) is 11.5. The lowest BCUT2D eigenvalue weighted by atomic mass is 9.87. The number of benzene rings is 1. The van der Waals surface area contributed by atoms with E-state index >= 15 is 0 Å². The maximum atomic E-state index is 14.0. The van der Waals surface area contributed by atoms with Crippen LogP contribution in [0, 0.1) is 5.82 Å². The van der Waals surface area contributed by atoms with Crippen molar-refractivity contribution in [1.82, 2.24) is 24.5 Å². The van der Waals surface area contributed by atoms with Gasteiger partial charge in [-0.2, -0.15) is 4.57 Å². The number of hydrogen-bond acceptors (Lipinski definition) is 4. The van der Waals surface area contributed by atoms with Gasteiger partial charge in [0.1, 0.15) is 17.3 Å². The lowest BCUT2D eigenvalue weighted by molar-refractivity contribution is -0.731. The predicted molar refractivity (Wildman–Crippen MR) is 125 cm³/mol. The normalized spacial score (nSPS) is 20.0. The Hall–Kier alpha value is -4.08. The van der Waals surface area contributed by atoms with E-state index in [-0.39, 0.29) is 23.0 Å². The molecule has 2 amide bonds. The fourth-order valence-corrected chi connectivity index (χ4v) is 5.19. The maximum Gasteiger partial charge on any atom is 0.314 e. The van der Waals surface area contributed by atoms with Gasteiger partial charge in [0.2, 0.25) is 5.69 Å². The molecule has 10 heteroatoms. The number of H-pyrrole nitrogens is 1. The summed E-state index contributed by atoms with van der Waals surface area (Å²) in [6, 6.07) is 8.13. The minimum atomic E-state index is -1.26. The number of anilines is 1. The zero-order valence-corrected chi connectivity index (χ0v) is 19.9. The van der Waals surface area contributed by atoms with Crippen molar-refractivity contribution in [3.8, 4) is 11.3 Å². The van der Waals surface area contributed by atoms with Crippen LogP contribution in [0.4, 0.5) is 10.2 Å². The van der Waals surface area contributed by atoms with Crippen molar-refractivity contribution in [2.24, 2.45) is 0 Å². The number of piperazine rings is 1. The third kappa shape index (κ3) is 2.88. The number of rotatable bonds is 2. The Morgan fingerprint density at radius 1 is 1.14 bits per heavy atom. The van der Waals surface area contributed by atoms with Crippen LogP contribution in [0.5, 0.6) is 0 Å². The molecule has 0 saturated carbocycles. The van der Waals surface area contributed by atoms with Gasteiger partial charge < -0.3 is 4.98 Å². The number of aromatic amines is 1. The molecule has 0 radical (unpaired) electrons. The molecule has 1 fully saturated rings. The van der Waals surface area contributed by atoms with Crippen molar-refractivity contribution in [3.63, 3.8) is 0 Å². The van der Waals surface area contributed by atoms with E-state index in [4.69, 9.17) is 5.10 Å². The minimum absolute atomic E-state index is 0.209. The van der Waals surface area contributed by atoms with Gasteiger partial charge in [-0.05, 0) is 35.7 Å². The highest BCUT2D eigenvalue weighted by Gasteiger charge is 2.62. The number of nitrogens with one attached hydrogen (secondary N) is 1. The smallest absolute Gasteiger partial charge is 0.314 e. The molecular formula is C25H25FN7O2+. The fraction of sp³-hybridized carbons (Fsp3) is 0.320. The van der Waals surface area contributed by atoms with Crippen LogP contribution in [-0.4, -0.2) is 49.4 Å². The summed E-state index contributed by atoms with van der Waals surface area (Å²) >= 11 is 0. The van der Waals surface area contributed by atoms with E-state index in [1.807, 2.05) is 10.6 Å². The van der Waals surface area contributed by atoms with E-state index in [0.29, 0.717) is 35.9 Å². The van der Waals surface area contributed by atoms with Crippen LogP contribution in [0.25, 0.3) is 16.9 Å². The quantitative estimate of drug-likeness (QED) is 0.452. The number of carbonyl (C=O) groups excluding carboxylic acids is 2. The fourth-order valence-electron chi connectivity index (χ4n) is 5.19. The maximum absolute atomic E-state index is 14.0. The molecule has 2 aliphatic heterocycles. The molecule has 0 aliphatic carbocycles. The SMILES string of the molecule is CC(C)(C)c1cc(-c2ccc(F)cc2)nn2cc3[n+](c12)C1(C)C(=O)N(c2cnc[nH]2)CCN1C3=O. The van der Waals surface area contributed by atoms with Crippen LogP contribution in [0.2, 0.25) is 0 Å². The molecule has 4 aromatic rings. The van der Waals surface area contributed by atoms with E-state index in [2.05, 4.69) is 30.7 Å². The van der Waals surface area contributed by atoms with Crippen molar-refractivity contribution >= 4 is 23.3 Å². The van der Waals surface area contributed by atoms with Gasteiger partial charge in [-0.25, -0.2) is 9.37 Å². The lowest BCUT2D eigenvalue weighted by Crippen LogP contribution is -2.72. The van der Waals surface area contributed by atoms with Gasteiger partial charge in [-0.1, -0.05) is 30.4 Å². The highest BCUT2D eigenvalue weighted by molar-refractivity contribution is 6.04. The zero-order valence-electron chi connectivity index (χ0n) is 19.9. The Labute approximate surface area is 200 Å². The minimum Gasteiger partial charge on any atom is -0.331 e. The van der Waals surface area contributed by atoms with Crippen LogP contribution in [0.1, 0.15) is 43.7 Å². The Morgan fingerprint density at radius 3 is 2.54 bits per heavy atom. The highest BCUT2D eigenvalue weighted by Crippen LogP contribution is 2.36. The molecule has 1 saturated heterocycles. The Morgan fingerprint density at radius 2 is 1.89 bits per heavy atom. The molecule has 1 aromatic carbocycles. The molecule has 178 valence electrons. The summed E-state index contributed by atoms with van der Waals surface area (Å²) in [6.45, 7) is 8.78. The summed E-state index contributed by atoms with van der Waals surface area (Å²) in [4.78, 5) is 37.8. The third-order valence-electron chi connectivity index (χ3n) is 7.00. The molecule has 1 N–H and O–H groups in total. The Kier molecular flexibility index (Phi) is 4.27. The van der Waals surface area contributed by atoms with Gasteiger partial charge in [0, 0.05) is 25.6 Å². The lowest BCUT2D eigenvalue weighted by Gasteiger charge is -2.40. The molecular weight excluding hydrogens is 449 g/mol. The third-order valence-corrected chi connectivity index (χ3v) is 7.00. The molecule has 3 aromatic heterocycles. The second kappa shape index (κ2) is 6.97. The number of amides is 2. The van der Waals surface area contributed by atoms with Gasteiger partial charge in [0.15, 0.2) is 6.20 Å². The first-order chi connectivity index (χ1) is 16.6. The Bertz CT molecular complexity index is 1500. The average Bonchev–Trinajstić information content (AvgIpc) is 3.51. The first kappa shape index (κ1) is 21.5. The van der Waals surface area contributed by atoms with Gasteiger partial charge >= 0.3 is 11.6 Å². The summed E-state index contributed by atoms with van der Waals surface area (Å²) in [5.74, 6) is -0.161. The second-order valence-electron chi connectivity index (χ2n) is 10.2. The van der Waals surface area contributed by atoms with E-state index in [1.165, 1.54) is 18.5 Å². The van der Waals surface area contributed by atoms with Crippen LogP contribution >= 0.6 is 0 Å². The largest absolute Gasteiger partial charge is 0.331 e. The highest BCUT2D eigenvalue weighted by atomic mass is 19.1. The number of fused-ring (bicyclic) bond motifs is 5. The number of hydrogen-bond donors (Lipinski definition) is 1.